The summed E-state index contributed by atoms with van der Waals surface area (Å²) in [5.74, 6) is -0.450. The minimum Gasteiger partial charge on any atom is -0.320 e. The van der Waals surface area contributed by atoms with E-state index in [0.717, 1.165) is 13.1 Å². The van der Waals surface area contributed by atoms with Gasteiger partial charge in [-0.2, -0.15) is 0 Å². The van der Waals surface area contributed by atoms with Gasteiger partial charge in [-0.3, -0.25) is 14.9 Å². The SMILES string of the molecule is O=C(Nc1cccc([N+](=O)[O-])c1)c1cn(C2CNC2)nn1. The predicted octanol–water partition coefficient (Wildman–Crippen LogP) is 0.583. The monoisotopic (exact) mass is 288 g/mol. The molecule has 108 valence electrons. The highest BCUT2D eigenvalue weighted by atomic mass is 16.6. The Bertz CT molecular complexity index is 694. The Morgan fingerprint density at radius 3 is 2.95 bits per heavy atom. The predicted molar refractivity (Wildman–Crippen MR) is 73.0 cm³/mol. The highest BCUT2D eigenvalue weighted by Crippen LogP contribution is 2.18. The smallest absolute Gasteiger partial charge is 0.277 e. The van der Waals surface area contributed by atoms with Gasteiger partial charge >= 0.3 is 0 Å². The number of nitro groups is 1. The number of amides is 1. The van der Waals surface area contributed by atoms with Gasteiger partial charge in [0, 0.05) is 30.9 Å². The summed E-state index contributed by atoms with van der Waals surface area (Å²) in [7, 11) is 0. The molecule has 1 amide bonds. The second kappa shape index (κ2) is 5.29. The minimum atomic E-state index is -0.518. The number of rotatable bonds is 4. The molecule has 1 aromatic heterocycles. The summed E-state index contributed by atoms with van der Waals surface area (Å²) in [6.45, 7) is 1.60. The number of carbonyl (C=O) groups is 1. The Balaban J connectivity index is 1.72. The number of nitro benzene ring substituents is 1. The molecule has 0 unspecified atom stereocenters. The molecule has 2 aromatic rings. The van der Waals surface area contributed by atoms with Crippen molar-refractivity contribution in [1.29, 1.82) is 0 Å². The van der Waals surface area contributed by atoms with Crippen LogP contribution in [0.3, 0.4) is 0 Å². The lowest BCUT2D eigenvalue weighted by atomic mass is 10.2. The number of nitrogens with zero attached hydrogens (tertiary/aromatic N) is 4. The van der Waals surface area contributed by atoms with Crippen LogP contribution < -0.4 is 10.6 Å². The van der Waals surface area contributed by atoms with E-state index in [1.165, 1.54) is 18.2 Å². The zero-order valence-corrected chi connectivity index (χ0v) is 10.9. The van der Waals surface area contributed by atoms with Crippen LogP contribution in [0, 0.1) is 10.1 Å². The van der Waals surface area contributed by atoms with E-state index in [1.54, 1.807) is 16.9 Å². The number of aromatic nitrogens is 3. The maximum absolute atomic E-state index is 12.0. The van der Waals surface area contributed by atoms with Crippen LogP contribution in [0.2, 0.25) is 0 Å². The van der Waals surface area contributed by atoms with Gasteiger partial charge in [-0.05, 0) is 6.07 Å². The molecule has 21 heavy (non-hydrogen) atoms. The van der Waals surface area contributed by atoms with E-state index in [1.807, 2.05) is 0 Å². The molecule has 2 heterocycles. The lowest BCUT2D eigenvalue weighted by Crippen LogP contribution is -2.43. The van der Waals surface area contributed by atoms with Gasteiger partial charge in [0.2, 0.25) is 0 Å². The summed E-state index contributed by atoms with van der Waals surface area (Å²) in [6, 6.07) is 5.95. The van der Waals surface area contributed by atoms with Crippen LogP contribution >= 0.6 is 0 Å². The third-order valence-electron chi connectivity index (χ3n) is 3.19. The Morgan fingerprint density at radius 1 is 1.48 bits per heavy atom. The molecular formula is C12H12N6O3. The fraction of sp³-hybridized carbons (Fsp3) is 0.250. The highest BCUT2D eigenvalue weighted by Gasteiger charge is 2.21. The van der Waals surface area contributed by atoms with Crippen LogP contribution in [0.4, 0.5) is 11.4 Å². The van der Waals surface area contributed by atoms with E-state index in [-0.39, 0.29) is 17.4 Å². The van der Waals surface area contributed by atoms with Crippen molar-refractivity contribution in [2.24, 2.45) is 0 Å². The van der Waals surface area contributed by atoms with E-state index in [2.05, 4.69) is 20.9 Å². The van der Waals surface area contributed by atoms with Gasteiger partial charge in [-0.15, -0.1) is 5.10 Å². The molecule has 1 aliphatic heterocycles. The number of non-ortho nitro benzene ring substituents is 1. The summed E-state index contributed by atoms with van der Waals surface area (Å²) in [6.07, 6.45) is 1.57. The van der Waals surface area contributed by atoms with Crippen molar-refractivity contribution in [3.63, 3.8) is 0 Å². The van der Waals surface area contributed by atoms with E-state index < -0.39 is 10.8 Å². The molecule has 1 aromatic carbocycles. The van der Waals surface area contributed by atoms with E-state index in [4.69, 9.17) is 0 Å². The second-order valence-electron chi connectivity index (χ2n) is 4.66. The Kier molecular flexibility index (Phi) is 3.32. The maximum atomic E-state index is 12.0. The van der Waals surface area contributed by atoms with Gasteiger partial charge in [-0.1, -0.05) is 11.3 Å². The topological polar surface area (TPSA) is 115 Å². The lowest BCUT2D eigenvalue weighted by Gasteiger charge is -2.26. The molecule has 0 spiro atoms. The van der Waals surface area contributed by atoms with Crippen molar-refractivity contribution >= 4 is 17.3 Å². The lowest BCUT2D eigenvalue weighted by molar-refractivity contribution is -0.384. The van der Waals surface area contributed by atoms with Crippen molar-refractivity contribution in [2.75, 3.05) is 18.4 Å². The third kappa shape index (κ3) is 2.72. The van der Waals surface area contributed by atoms with Crippen molar-refractivity contribution in [3.8, 4) is 0 Å². The van der Waals surface area contributed by atoms with Gasteiger partial charge < -0.3 is 10.6 Å². The molecule has 1 fully saturated rings. The zero-order chi connectivity index (χ0) is 14.8. The van der Waals surface area contributed by atoms with E-state index in [9.17, 15) is 14.9 Å². The van der Waals surface area contributed by atoms with Gasteiger partial charge in [0.25, 0.3) is 11.6 Å². The van der Waals surface area contributed by atoms with Crippen molar-refractivity contribution in [1.82, 2.24) is 20.3 Å². The van der Waals surface area contributed by atoms with Gasteiger partial charge in [0.05, 0.1) is 17.2 Å². The molecule has 2 N–H and O–H groups in total. The van der Waals surface area contributed by atoms with Crippen LogP contribution in [-0.2, 0) is 0 Å². The van der Waals surface area contributed by atoms with Crippen molar-refractivity contribution in [3.05, 3.63) is 46.3 Å². The molecule has 1 saturated heterocycles. The standard InChI is InChI=1S/C12H12N6O3/c19-12(11-7-17(16-15-11)10-5-13-6-10)14-8-2-1-3-9(4-8)18(20)21/h1-4,7,10,13H,5-6H2,(H,14,19). The molecule has 0 aliphatic carbocycles. The minimum absolute atomic E-state index is 0.0861. The molecule has 9 heteroatoms. The van der Waals surface area contributed by atoms with Crippen LogP contribution in [0.1, 0.15) is 16.5 Å². The van der Waals surface area contributed by atoms with Crippen LogP contribution in [0.5, 0.6) is 0 Å². The normalized spacial score (nSPS) is 14.5. The quantitative estimate of drug-likeness (QED) is 0.628. The van der Waals surface area contributed by atoms with Gasteiger partial charge in [0.1, 0.15) is 0 Å². The molecule has 0 bridgehead atoms. The largest absolute Gasteiger partial charge is 0.320 e. The Morgan fingerprint density at radius 2 is 2.29 bits per heavy atom. The first-order valence-electron chi connectivity index (χ1n) is 6.32. The van der Waals surface area contributed by atoms with Crippen LogP contribution in [-0.4, -0.2) is 38.9 Å². The van der Waals surface area contributed by atoms with Crippen LogP contribution in [0.15, 0.2) is 30.5 Å². The van der Waals surface area contributed by atoms with Crippen molar-refractivity contribution < 1.29 is 9.72 Å². The van der Waals surface area contributed by atoms with Gasteiger partial charge in [-0.25, -0.2) is 4.68 Å². The fourth-order valence-electron chi connectivity index (χ4n) is 1.91. The number of benzene rings is 1. The Labute approximate surface area is 119 Å². The summed E-state index contributed by atoms with van der Waals surface area (Å²) in [4.78, 5) is 22.2. The fourth-order valence-corrected chi connectivity index (χ4v) is 1.91. The Hall–Kier alpha value is -2.81. The van der Waals surface area contributed by atoms with E-state index >= 15 is 0 Å². The molecule has 0 radical (unpaired) electrons. The number of carbonyl (C=O) groups excluding carboxylic acids is 1. The first kappa shape index (κ1) is 13.2. The first-order chi connectivity index (χ1) is 10.1. The summed E-state index contributed by atoms with van der Waals surface area (Å²) >= 11 is 0. The molecular weight excluding hydrogens is 276 g/mol. The summed E-state index contributed by atoms with van der Waals surface area (Å²) in [5.41, 5.74) is 0.430. The number of anilines is 1. The molecule has 0 saturated carbocycles. The van der Waals surface area contributed by atoms with Gasteiger partial charge in [0.15, 0.2) is 5.69 Å². The number of hydrogen-bond acceptors (Lipinski definition) is 6. The first-order valence-corrected chi connectivity index (χ1v) is 6.32. The molecule has 0 atom stereocenters. The zero-order valence-electron chi connectivity index (χ0n) is 10.9. The average molecular weight is 288 g/mol. The third-order valence-corrected chi connectivity index (χ3v) is 3.19. The second-order valence-corrected chi connectivity index (χ2v) is 4.66. The van der Waals surface area contributed by atoms with E-state index in [0.29, 0.717) is 5.69 Å². The molecule has 9 nitrogen and oxygen atoms in total. The highest BCUT2D eigenvalue weighted by molar-refractivity contribution is 6.02. The maximum Gasteiger partial charge on any atom is 0.277 e. The van der Waals surface area contributed by atoms with Crippen LogP contribution in [0.25, 0.3) is 0 Å². The summed E-state index contributed by atoms with van der Waals surface area (Å²) in [5, 5.41) is 24.1. The molecule has 1 aliphatic rings. The average Bonchev–Trinajstić information content (AvgIpc) is 2.86. The number of hydrogen-bond donors (Lipinski definition) is 2. The summed E-state index contributed by atoms with van der Waals surface area (Å²) < 4.78 is 1.64. The van der Waals surface area contributed by atoms with Crippen molar-refractivity contribution in [2.45, 2.75) is 6.04 Å². The number of nitrogens with one attached hydrogen (secondary N) is 2. The molecule has 3 rings (SSSR count).